The first-order chi connectivity index (χ1) is 9.67. The Balaban J connectivity index is 1.71. The van der Waals surface area contributed by atoms with Crippen molar-refractivity contribution in [1.29, 1.82) is 0 Å². The summed E-state index contributed by atoms with van der Waals surface area (Å²) in [6.45, 7) is 2.43. The van der Waals surface area contributed by atoms with Crippen molar-refractivity contribution in [3.8, 4) is 5.75 Å². The number of carbonyl (C=O) groups excluding carboxylic acids is 1. The van der Waals surface area contributed by atoms with Crippen LogP contribution >= 0.6 is 0 Å². The van der Waals surface area contributed by atoms with E-state index >= 15 is 0 Å². The molecule has 0 bridgehead atoms. The predicted octanol–water partition coefficient (Wildman–Crippen LogP) is 3.55. The van der Waals surface area contributed by atoms with E-state index in [0.717, 1.165) is 28.5 Å². The zero-order chi connectivity index (χ0) is 14.1. The first kappa shape index (κ1) is 13.0. The van der Waals surface area contributed by atoms with E-state index in [-0.39, 0.29) is 11.9 Å². The van der Waals surface area contributed by atoms with Gasteiger partial charge in [-0.1, -0.05) is 25.1 Å². The van der Waals surface area contributed by atoms with Crippen LogP contribution in [-0.4, -0.2) is 13.1 Å². The first-order valence-electron chi connectivity index (χ1n) is 6.90. The number of benzene rings is 2. The Morgan fingerprint density at radius 1 is 1.20 bits per heavy atom. The van der Waals surface area contributed by atoms with Crippen LogP contribution in [0.3, 0.4) is 0 Å². The Morgan fingerprint density at radius 3 is 2.60 bits per heavy atom. The molecule has 2 unspecified atom stereocenters. The summed E-state index contributed by atoms with van der Waals surface area (Å²) in [5.41, 5.74) is 1.02. The maximum Gasteiger partial charge on any atom is 0.309 e. The number of methoxy groups -OCH3 is 1. The molecule has 1 aliphatic carbocycles. The van der Waals surface area contributed by atoms with Crippen molar-refractivity contribution >= 4 is 16.7 Å². The van der Waals surface area contributed by atoms with Gasteiger partial charge in [-0.3, -0.25) is 4.79 Å². The summed E-state index contributed by atoms with van der Waals surface area (Å²) in [7, 11) is 1.66. The molecule has 2 aromatic carbocycles. The largest absolute Gasteiger partial charge is 0.497 e. The summed E-state index contributed by atoms with van der Waals surface area (Å²) in [5, 5.41) is 2.24. The van der Waals surface area contributed by atoms with Crippen LogP contribution in [0, 0.1) is 11.8 Å². The molecule has 0 aromatic heterocycles. The van der Waals surface area contributed by atoms with Crippen LogP contribution < -0.4 is 4.74 Å². The van der Waals surface area contributed by atoms with E-state index in [9.17, 15) is 4.79 Å². The highest BCUT2D eigenvalue weighted by Crippen LogP contribution is 2.38. The molecule has 3 heteroatoms. The van der Waals surface area contributed by atoms with Crippen LogP contribution in [0.5, 0.6) is 5.75 Å². The van der Waals surface area contributed by atoms with Crippen LogP contribution in [0.4, 0.5) is 0 Å². The fourth-order valence-electron chi connectivity index (χ4n) is 2.40. The predicted molar refractivity (Wildman–Crippen MR) is 77.6 cm³/mol. The van der Waals surface area contributed by atoms with Crippen molar-refractivity contribution in [2.24, 2.45) is 11.8 Å². The van der Waals surface area contributed by atoms with Crippen molar-refractivity contribution in [3.05, 3.63) is 42.0 Å². The van der Waals surface area contributed by atoms with Crippen LogP contribution in [-0.2, 0) is 16.1 Å². The second-order valence-electron chi connectivity index (χ2n) is 5.47. The van der Waals surface area contributed by atoms with Gasteiger partial charge in [-0.15, -0.1) is 0 Å². The quantitative estimate of drug-likeness (QED) is 0.797. The number of carbonyl (C=O) groups is 1. The molecule has 1 fully saturated rings. The molecule has 1 aliphatic rings. The van der Waals surface area contributed by atoms with Gasteiger partial charge in [-0.2, -0.15) is 0 Å². The molecule has 1 saturated carbocycles. The van der Waals surface area contributed by atoms with E-state index in [0.29, 0.717) is 12.5 Å². The van der Waals surface area contributed by atoms with Gasteiger partial charge in [0, 0.05) is 0 Å². The average molecular weight is 270 g/mol. The smallest absolute Gasteiger partial charge is 0.309 e. The fourth-order valence-corrected chi connectivity index (χ4v) is 2.40. The molecule has 0 saturated heterocycles. The average Bonchev–Trinajstić information content (AvgIpc) is 3.21. The minimum atomic E-state index is -0.0627. The zero-order valence-corrected chi connectivity index (χ0v) is 11.8. The van der Waals surface area contributed by atoms with E-state index in [4.69, 9.17) is 9.47 Å². The molecule has 0 spiro atoms. The standard InChI is InChI=1S/C17H18O3/c1-11-7-16(11)17(18)20-10-12-3-4-14-9-15(19-2)6-5-13(14)8-12/h3-6,8-9,11,16H,7,10H2,1-2H3. The van der Waals surface area contributed by atoms with Gasteiger partial charge in [-0.05, 0) is 46.9 Å². The summed E-state index contributed by atoms with van der Waals surface area (Å²) < 4.78 is 10.6. The van der Waals surface area contributed by atoms with E-state index in [2.05, 4.69) is 13.0 Å². The third-order valence-electron chi connectivity index (χ3n) is 3.91. The minimum Gasteiger partial charge on any atom is -0.497 e. The first-order valence-corrected chi connectivity index (χ1v) is 6.90. The molecule has 0 N–H and O–H groups in total. The molecule has 0 radical (unpaired) electrons. The van der Waals surface area contributed by atoms with E-state index in [1.807, 2.05) is 30.3 Å². The minimum absolute atomic E-state index is 0.0627. The van der Waals surface area contributed by atoms with Crippen LogP contribution in [0.2, 0.25) is 0 Å². The van der Waals surface area contributed by atoms with Gasteiger partial charge in [0.15, 0.2) is 0 Å². The summed E-state index contributed by atoms with van der Waals surface area (Å²) >= 11 is 0. The van der Waals surface area contributed by atoms with E-state index in [1.165, 1.54) is 0 Å². The van der Waals surface area contributed by atoms with Crippen molar-refractivity contribution in [2.45, 2.75) is 20.0 Å². The number of ether oxygens (including phenoxy) is 2. The van der Waals surface area contributed by atoms with Crippen molar-refractivity contribution in [1.82, 2.24) is 0 Å². The Kier molecular flexibility index (Phi) is 3.35. The highest BCUT2D eigenvalue weighted by Gasteiger charge is 2.40. The summed E-state index contributed by atoms with van der Waals surface area (Å²) in [4.78, 5) is 11.7. The Morgan fingerprint density at radius 2 is 1.90 bits per heavy atom. The highest BCUT2D eigenvalue weighted by atomic mass is 16.5. The number of rotatable bonds is 4. The summed E-state index contributed by atoms with van der Waals surface area (Å²) in [6.07, 6.45) is 0.969. The molecule has 0 aliphatic heterocycles. The molecular formula is C17H18O3. The van der Waals surface area contributed by atoms with Crippen LogP contribution in [0.1, 0.15) is 18.9 Å². The second kappa shape index (κ2) is 5.16. The van der Waals surface area contributed by atoms with Gasteiger partial charge in [0.05, 0.1) is 13.0 Å². The summed E-state index contributed by atoms with van der Waals surface area (Å²) in [5.74, 6) is 1.40. The highest BCUT2D eigenvalue weighted by molar-refractivity contribution is 5.84. The second-order valence-corrected chi connectivity index (χ2v) is 5.47. The Hall–Kier alpha value is -2.03. The zero-order valence-electron chi connectivity index (χ0n) is 11.8. The third kappa shape index (κ3) is 2.62. The van der Waals surface area contributed by atoms with E-state index in [1.54, 1.807) is 7.11 Å². The molecule has 2 aromatic rings. The van der Waals surface area contributed by atoms with Crippen LogP contribution in [0.25, 0.3) is 10.8 Å². The van der Waals surface area contributed by atoms with Gasteiger partial charge < -0.3 is 9.47 Å². The molecule has 3 rings (SSSR count). The van der Waals surface area contributed by atoms with Gasteiger partial charge in [0.1, 0.15) is 12.4 Å². The lowest BCUT2D eigenvalue weighted by Crippen LogP contribution is -2.07. The maximum absolute atomic E-state index is 11.7. The lowest BCUT2D eigenvalue weighted by Gasteiger charge is -2.07. The van der Waals surface area contributed by atoms with Gasteiger partial charge in [0.2, 0.25) is 0 Å². The number of hydrogen-bond acceptors (Lipinski definition) is 3. The molecule has 3 nitrogen and oxygen atoms in total. The van der Waals surface area contributed by atoms with E-state index < -0.39 is 0 Å². The van der Waals surface area contributed by atoms with Crippen molar-refractivity contribution in [2.75, 3.05) is 7.11 Å². The topological polar surface area (TPSA) is 35.5 Å². The number of hydrogen-bond donors (Lipinski definition) is 0. The van der Waals surface area contributed by atoms with Crippen molar-refractivity contribution < 1.29 is 14.3 Å². The third-order valence-corrected chi connectivity index (χ3v) is 3.91. The number of fused-ring (bicyclic) bond motifs is 1. The molecular weight excluding hydrogens is 252 g/mol. The van der Waals surface area contributed by atoms with Gasteiger partial charge in [0.25, 0.3) is 0 Å². The lowest BCUT2D eigenvalue weighted by atomic mass is 10.1. The Labute approximate surface area is 118 Å². The lowest BCUT2D eigenvalue weighted by molar-refractivity contribution is -0.146. The monoisotopic (exact) mass is 270 g/mol. The Bertz CT molecular complexity index is 648. The van der Waals surface area contributed by atoms with Gasteiger partial charge in [-0.25, -0.2) is 0 Å². The molecule has 2 atom stereocenters. The molecule has 104 valence electrons. The van der Waals surface area contributed by atoms with Gasteiger partial charge >= 0.3 is 5.97 Å². The molecule has 0 heterocycles. The fraction of sp³-hybridized carbons (Fsp3) is 0.353. The molecule has 0 amide bonds. The molecule has 20 heavy (non-hydrogen) atoms. The van der Waals surface area contributed by atoms with Crippen LogP contribution in [0.15, 0.2) is 36.4 Å². The SMILES string of the molecule is COc1ccc2cc(COC(=O)C3CC3C)ccc2c1. The normalized spacial score (nSPS) is 20.7. The van der Waals surface area contributed by atoms with Crippen molar-refractivity contribution in [3.63, 3.8) is 0 Å². The number of esters is 1. The maximum atomic E-state index is 11.7. The summed E-state index contributed by atoms with van der Waals surface area (Å²) in [6, 6.07) is 12.0.